The number of fused-ring (bicyclic) bond motifs is 1. The van der Waals surface area contributed by atoms with E-state index in [4.69, 9.17) is 0 Å². The fraction of sp³-hybridized carbons (Fsp3) is 0.450. The standard InChI is InChI=1S/C20H25N3O2S/c1-15-8-9-18(21-10-15)13-22-11-17-12-23(26(2,24)25)20(19(17)14-22)16-6-4-3-5-7-16/h3-10,17,19-20H,11-14H2,1-2H3/t17-,19-,20+/m1/s1. The second kappa shape index (κ2) is 6.76. The number of benzene rings is 1. The Balaban J connectivity index is 1.56. The number of pyridine rings is 1. The summed E-state index contributed by atoms with van der Waals surface area (Å²) < 4.78 is 26.4. The van der Waals surface area contributed by atoms with E-state index in [1.807, 2.05) is 31.3 Å². The largest absolute Gasteiger partial charge is 0.297 e. The first-order valence-corrected chi connectivity index (χ1v) is 10.9. The van der Waals surface area contributed by atoms with Crippen LogP contribution < -0.4 is 0 Å². The van der Waals surface area contributed by atoms with E-state index >= 15 is 0 Å². The van der Waals surface area contributed by atoms with Crippen LogP contribution in [0.15, 0.2) is 48.7 Å². The molecule has 2 aromatic rings. The molecule has 1 aromatic heterocycles. The van der Waals surface area contributed by atoms with Gasteiger partial charge >= 0.3 is 0 Å². The molecule has 0 aliphatic carbocycles. The molecule has 3 atom stereocenters. The number of nitrogens with zero attached hydrogens (tertiary/aromatic N) is 3. The van der Waals surface area contributed by atoms with Crippen molar-refractivity contribution in [1.29, 1.82) is 0 Å². The highest BCUT2D eigenvalue weighted by Crippen LogP contribution is 2.46. The topological polar surface area (TPSA) is 53.5 Å². The number of hydrogen-bond acceptors (Lipinski definition) is 4. The Labute approximate surface area is 155 Å². The molecule has 0 N–H and O–H groups in total. The molecule has 0 unspecified atom stereocenters. The van der Waals surface area contributed by atoms with E-state index in [2.05, 4.69) is 34.1 Å². The summed E-state index contributed by atoms with van der Waals surface area (Å²) >= 11 is 0. The lowest BCUT2D eigenvalue weighted by Crippen LogP contribution is -2.35. The first kappa shape index (κ1) is 17.6. The smallest absolute Gasteiger partial charge is 0.211 e. The zero-order valence-corrected chi connectivity index (χ0v) is 16.1. The van der Waals surface area contributed by atoms with E-state index in [-0.39, 0.29) is 6.04 Å². The quantitative estimate of drug-likeness (QED) is 0.828. The molecule has 4 rings (SSSR count). The number of aryl methyl sites for hydroxylation is 1. The minimum absolute atomic E-state index is 0.0628. The molecular weight excluding hydrogens is 346 g/mol. The first-order chi connectivity index (χ1) is 12.4. The normalized spacial score (nSPS) is 26.9. The number of aromatic nitrogens is 1. The van der Waals surface area contributed by atoms with Crippen LogP contribution in [-0.2, 0) is 16.6 Å². The van der Waals surface area contributed by atoms with Crippen LogP contribution in [0, 0.1) is 18.8 Å². The number of sulfonamides is 1. The molecule has 1 aromatic carbocycles. The van der Waals surface area contributed by atoms with Gasteiger partial charge in [-0.3, -0.25) is 9.88 Å². The van der Waals surface area contributed by atoms with E-state index in [0.29, 0.717) is 18.4 Å². The van der Waals surface area contributed by atoms with Crippen LogP contribution in [0.25, 0.3) is 0 Å². The minimum Gasteiger partial charge on any atom is -0.297 e. The van der Waals surface area contributed by atoms with E-state index in [1.54, 1.807) is 4.31 Å². The van der Waals surface area contributed by atoms with E-state index in [0.717, 1.165) is 30.9 Å². The van der Waals surface area contributed by atoms with Crippen LogP contribution in [0.3, 0.4) is 0 Å². The van der Waals surface area contributed by atoms with Gasteiger partial charge in [-0.1, -0.05) is 36.4 Å². The van der Waals surface area contributed by atoms with Crippen molar-refractivity contribution in [2.75, 3.05) is 25.9 Å². The van der Waals surface area contributed by atoms with Crippen LogP contribution in [0.2, 0.25) is 0 Å². The van der Waals surface area contributed by atoms with Crippen LogP contribution in [-0.4, -0.2) is 48.5 Å². The van der Waals surface area contributed by atoms with E-state index in [1.165, 1.54) is 11.8 Å². The lowest BCUT2D eigenvalue weighted by Gasteiger charge is -2.28. The van der Waals surface area contributed by atoms with Gasteiger partial charge in [-0.15, -0.1) is 0 Å². The molecule has 0 bridgehead atoms. The Morgan fingerprint density at radius 2 is 1.85 bits per heavy atom. The third-order valence-electron chi connectivity index (χ3n) is 5.62. The van der Waals surface area contributed by atoms with Gasteiger partial charge in [-0.25, -0.2) is 8.42 Å². The van der Waals surface area contributed by atoms with Gasteiger partial charge in [-0.2, -0.15) is 4.31 Å². The molecule has 138 valence electrons. The minimum atomic E-state index is -3.22. The summed E-state index contributed by atoms with van der Waals surface area (Å²) in [6.07, 6.45) is 3.24. The molecule has 2 aliphatic heterocycles. The van der Waals surface area contributed by atoms with Crippen LogP contribution in [0.4, 0.5) is 0 Å². The Bertz CT molecular complexity index is 868. The van der Waals surface area contributed by atoms with Gasteiger partial charge in [0.15, 0.2) is 0 Å². The molecule has 26 heavy (non-hydrogen) atoms. The van der Waals surface area contributed by atoms with E-state index in [9.17, 15) is 8.42 Å². The summed E-state index contributed by atoms with van der Waals surface area (Å²) in [7, 11) is -3.22. The molecule has 2 aliphatic rings. The maximum absolute atomic E-state index is 12.4. The van der Waals surface area contributed by atoms with Gasteiger partial charge in [0.1, 0.15) is 0 Å². The molecule has 0 saturated carbocycles. The van der Waals surface area contributed by atoms with Crippen LogP contribution in [0.1, 0.15) is 22.9 Å². The lowest BCUT2D eigenvalue weighted by molar-refractivity contribution is 0.259. The molecule has 2 saturated heterocycles. The number of rotatable bonds is 4. The predicted octanol–water partition coefficient (Wildman–Crippen LogP) is 2.45. The third-order valence-corrected chi connectivity index (χ3v) is 6.85. The van der Waals surface area contributed by atoms with Gasteiger partial charge in [0.25, 0.3) is 0 Å². The highest BCUT2D eigenvalue weighted by atomic mass is 32.2. The second-order valence-electron chi connectivity index (χ2n) is 7.63. The van der Waals surface area contributed by atoms with Gasteiger partial charge < -0.3 is 0 Å². The van der Waals surface area contributed by atoms with Gasteiger partial charge in [-0.05, 0) is 36.0 Å². The SMILES string of the molecule is Cc1ccc(CN2C[C@@H]3CN(S(C)(=O)=O)[C@@H](c4ccccc4)[C@@H]3C2)nc1. The van der Waals surface area contributed by atoms with Gasteiger partial charge in [0.05, 0.1) is 18.0 Å². The Hall–Kier alpha value is -1.76. The van der Waals surface area contributed by atoms with Crippen molar-refractivity contribution < 1.29 is 8.42 Å². The molecular formula is C20H25N3O2S. The Morgan fingerprint density at radius 3 is 2.50 bits per heavy atom. The first-order valence-electron chi connectivity index (χ1n) is 9.07. The van der Waals surface area contributed by atoms with Crippen molar-refractivity contribution in [3.63, 3.8) is 0 Å². The summed E-state index contributed by atoms with van der Waals surface area (Å²) in [5.41, 5.74) is 3.34. The molecule has 0 spiro atoms. The lowest BCUT2D eigenvalue weighted by atomic mass is 9.90. The summed E-state index contributed by atoms with van der Waals surface area (Å²) in [6.45, 7) is 5.32. The molecule has 6 heteroatoms. The molecule has 2 fully saturated rings. The maximum Gasteiger partial charge on any atom is 0.211 e. The Kier molecular flexibility index (Phi) is 4.59. The summed E-state index contributed by atoms with van der Waals surface area (Å²) in [4.78, 5) is 6.94. The van der Waals surface area contributed by atoms with Crippen molar-refractivity contribution in [2.45, 2.75) is 19.5 Å². The average Bonchev–Trinajstić information content (AvgIpc) is 3.14. The van der Waals surface area contributed by atoms with Gasteiger partial charge in [0, 0.05) is 32.4 Å². The molecule has 5 nitrogen and oxygen atoms in total. The highest BCUT2D eigenvalue weighted by molar-refractivity contribution is 7.88. The zero-order valence-electron chi connectivity index (χ0n) is 15.2. The average molecular weight is 372 g/mol. The van der Waals surface area contributed by atoms with Crippen molar-refractivity contribution in [1.82, 2.24) is 14.2 Å². The fourth-order valence-electron chi connectivity index (χ4n) is 4.45. The molecule has 3 heterocycles. The van der Waals surface area contributed by atoms with Gasteiger partial charge in [0.2, 0.25) is 10.0 Å². The highest BCUT2D eigenvalue weighted by Gasteiger charge is 2.50. The molecule has 0 radical (unpaired) electrons. The number of likely N-dealkylation sites (tertiary alicyclic amines) is 1. The van der Waals surface area contributed by atoms with Crippen LogP contribution in [0.5, 0.6) is 0 Å². The molecule has 0 amide bonds. The fourth-order valence-corrected chi connectivity index (χ4v) is 5.61. The Morgan fingerprint density at radius 1 is 1.08 bits per heavy atom. The summed E-state index contributed by atoms with van der Waals surface area (Å²) in [5, 5.41) is 0. The number of hydrogen-bond donors (Lipinski definition) is 0. The van der Waals surface area contributed by atoms with E-state index < -0.39 is 10.0 Å². The summed E-state index contributed by atoms with van der Waals surface area (Å²) in [5.74, 6) is 0.706. The van der Waals surface area contributed by atoms with Crippen molar-refractivity contribution in [3.8, 4) is 0 Å². The monoisotopic (exact) mass is 371 g/mol. The third kappa shape index (κ3) is 3.41. The summed E-state index contributed by atoms with van der Waals surface area (Å²) in [6, 6.07) is 14.2. The maximum atomic E-state index is 12.4. The zero-order chi connectivity index (χ0) is 18.3. The van der Waals surface area contributed by atoms with Crippen molar-refractivity contribution >= 4 is 10.0 Å². The second-order valence-corrected chi connectivity index (χ2v) is 9.57. The van der Waals surface area contributed by atoms with Crippen molar-refractivity contribution in [2.24, 2.45) is 11.8 Å². The predicted molar refractivity (Wildman–Crippen MR) is 102 cm³/mol. The van der Waals surface area contributed by atoms with Crippen LogP contribution >= 0.6 is 0 Å². The van der Waals surface area contributed by atoms with Crippen molar-refractivity contribution in [3.05, 3.63) is 65.5 Å².